The first-order valence-electron chi connectivity index (χ1n) is 8.72. The quantitative estimate of drug-likeness (QED) is 0.537. The number of nitrogens with zero attached hydrogens (tertiary/aromatic N) is 3. The largest absolute Gasteiger partial charge is 0.491 e. The van der Waals surface area contributed by atoms with Crippen LogP contribution in [0.15, 0.2) is 67.0 Å². The number of halogens is 1. The van der Waals surface area contributed by atoms with Gasteiger partial charge in [-0.3, -0.25) is 0 Å². The molecule has 0 radical (unpaired) electrons. The van der Waals surface area contributed by atoms with Crippen LogP contribution in [-0.2, 0) is 0 Å². The van der Waals surface area contributed by atoms with Gasteiger partial charge in [0.25, 0.3) is 0 Å². The lowest BCUT2D eigenvalue weighted by Gasteiger charge is -2.11. The summed E-state index contributed by atoms with van der Waals surface area (Å²) in [6, 6.07) is 15.9. The van der Waals surface area contributed by atoms with Crippen molar-refractivity contribution in [3.63, 3.8) is 0 Å². The summed E-state index contributed by atoms with van der Waals surface area (Å²) in [4.78, 5) is 8.95. The van der Waals surface area contributed by atoms with Crippen LogP contribution >= 0.6 is 0 Å². The average Bonchev–Trinajstić information content (AvgIpc) is 3.06. The average molecular weight is 362 g/mol. The van der Waals surface area contributed by atoms with Gasteiger partial charge >= 0.3 is 0 Å². The zero-order valence-corrected chi connectivity index (χ0v) is 15.1. The van der Waals surface area contributed by atoms with Crippen LogP contribution in [0.3, 0.4) is 0 Å². The molecular weight excluding hydrogens is 343 g/mol. The topological polar surface area (TPSA) is 52.0 Å². The molecule has 0 saturated heterocycles. The van der Waals surface area contributed by atoms with E-state index in [4.69, 9.17) is 4.74 Å². The first kappa shape index (κ1) is 17.0. The fourth-order valence-corrected chi connectivity index (χ4v) is 2.83. The molecule has 0 aliphatic carbocycles. The van der Waals surface area contributed by atoms with Gasteiger partial charge in [-0.1, -0.05) is 6.07 Å². The molecular formula is C21H19FN4O. The van der Waals surface area contributed by atoms with Gasteiger partial charge in [0.2, 0.25) is 5.95 Å². The molecule has 2 aromatic carbocycles. The van der Waals surface area contributed by atoms with E-state index < -0.39 is 0 Å². The molecule has 0 bridgehead atoms. The molecule has 2 heterocycles. The van der Waals surface area contributed by atoms with Crippen molar-refractivity contribution >= 4 is 22.7 Å². The van der Waals surface area contributed by atoms with E-state index in [1.165, 1.54) is 12.1 Å². The number of benzene rings is 2. The van der Waals surface area contributed by atoms with Crippen molar-refractivity contribution in [2.24, 2.45) is 0 Å². The molecule has 6 heteroatoms. The van der Waals surface area contributed by atoms with E-state index in [1.54, 1.807) is 12.3 Å². The van der Waals surface area contributed by atoms with Crippen LogP contribution in [0.4, 0.5) is 16.0 Å². The smallest absolute Gasteiger partial charge is 0.229 e. The van der Waals surface area contributed by atoms with Crippen molar-refractivity contribution in [2.75, 3.05) is 5.32 Å². The molecule has 0 unspecified atom stereocenters. The molecule has 0 amide bonds. The summed E-state index contributed by atoms with van der Waals surface area (Å²) in [5, 5.41) is 4.07. The normalized spacial score (nSPS) is 11.1. The van der Waals surface area contributed by atoms with Crippen LogP contribution in [0.2, 0.25) is 0 Å². The molecule has 5 nitrogen and oxygen atoms in total. The summed E-state index contributed by atoms with van der Waals surface area (Å²) in [5.74, 6) is 0.994. The number of fused-ring (bicyclic) bond motifs is 1. The second kappa shape index (κ2) is 7.07. The predicted molar refractivity (Wildman–Crippen MR) is 104 cm³/mol. The summed E-state index contributed by atoms with van der Waals surface area (Å²) >= 11 is 0. The second-order valence-electron chi connectivity index (χ2n) is 6.45. The fourth-order valence-electron chi connectivity index (χ4n) is 2.83. The van der Waals surface area contributed by atoms with Crippen LogP contribution in [0.1, 0.15) is 13.8 Å². The number of aromatic nitrogens is 3. The first-order chi connectivity index (χ1) is 13.1. The molecule has 2 aromatic heterocycles. The summed E-state index contributed by atoms with van der Waals surface area (Å²) in [7, 11) is 0. The fraction of sp³-hybridized carbons (Fsp3) is 0.143. The lowest BCUT2D eigenvalue weighted by atomic mass is 10.3. The number of rotatable bonds is 5. The minimum absolute atomic E-state index is 0.130. The van der Waals surface area contributed by atoms with Crippen molar-refractivity contribution < 1.29 is 9.13 Å². The van der Waals surface area contributed by atoms with Crippen molar-refractivity contribution in [2.45, 2.75) is 20.0 Å². The molecule has 136 valence electrons. The number of ether oxygens (including phenoxy) is 1. The Hall–Kier alpha value is -3.41. The first-order valence-corrected chi connectivity index (χ1v) is 8.72. The highest BCUT2D eigenvalue weighted by atomic mass is 19.1. The molecule has 27 heavy (non-hydrogen) atoms. The maximum absolute atomic E-state index is 13.6. The zero-order valence-electron chi connectivity index (χ0n) is 15.1. The highest BCUT2D eigenvalue weighted by Gasteiger charge is 2.08. The van der Waals surface area contributed by atoms with E-state index in [9.17, 15) is 4.39 Å². The van der Waals surface area contributed by atoms with Gasteiger partial charge in [-0.25, -0.2) is 9.37 Å². The Morgan fingerprint density at radius 1 is 1.07 bits per heavy atom. The zero-order chi connectivity index (χ0) is 18.8. The van der Waals surface area contributed by atoms with Crippen LogP contribution in [-0.4, -0.2) is 20.6 Å². The molecule has 4 rings (SSSR count). The monoisotopic (exact) mass is 362 g/mol. The summed E-state index contributed by atoms with van der Waals surface area (Å²) in [6.45, 7) is 3.98. The molecule has 1 N–H and O–H groups in total. The van der Waals surface area contributed by atoms with Crippen molar-refractivity contribution in [1.82, 2.24) is 14.5 Å². The number of anilines is 2. The van der Waals surface area contributed by atoms with Gasteiger partial charge in [-0.2, -0.15) is 4.98 Å². The van der Waals surface area contributed by atoms with Crippen LogP contribution < -0.4 is 10.1 Å². The van der Waals surface area contributed by atoms with Gasteiger partial charge in [-0.15, -0.1) is 0 Å². The SMILES string of the molecule is CC(C)Oc1ccc(Nc2ncc3ccn(-c4cccc(F)c4)c3n2)cc1. The molecule has 4 aromatic rings. The van der Waals surface area contributed by atoms with Crippen molar-refractivity contribution in [3.8, 4) is 11.4 Å². The van der Waals surface area contributed by atoms with Crippen molar-refractivity contribution in [1.29, 1.82) is 0 Å². The van der Waals surface area contributed by atoms with E-state index in [0.29, 0.717) is 17.3 Å². The van der Waals surface area contributed by atoms with Crippen LogP contribution in [0, 0.1) is 5.82 Å². The number of nitrogens with one attached hydrogen (secondary N) is 1. The minimum atomic E-state index is -0.287. The van der Waals surface area contributed by atoms with Crippen molar-refractivity contribution in [3.05, 3.63) is 72.8 Å². The van der Waals surface area contributed by atoms with E-state index >= 15 is 0 Å². The van der Waals surface area contributed by atoms with Gasteiger partial charge in [0.15, 0.2) is 0 Å². The maximum Gasteiger partial charge on any atom is 0.229 e. The van der Waals surface area contributed by atoms with E-state index in [-0.39, 0.29) is 11.9 Å². The summed E-state index contributed by atoms with van der Waals surface area (Å²) < 4.78 is 21.1. The Labute approximate surface area is 156 Å². The highest BCUT2D eigenvalue weighted by Crippen LogP contribution is 2.22. The standard InChI is InChI=1S/C21H19FN4O/c1-14(2)27-19-8-6-17(7-9-19)24-21-23-13-15-10-11-26(20(15)25-21)18-5-3-4-16(22)12-18/h3-14H,1-2H3,(H,23,24,25). The van der Waals surface area contributed by atoms with E-state index in [1.807, 2.05) is 61.0 Å². The third-order valence-corrected chi connectivity index (χ3v) is 4.00. The maximum atomic E-state index is 13.6. The van der Waals surface area contributed by atoms with Crippen LogP contribution in [0.5, 0.6) is 5.75 Å². The van der Waals surface area contributed by atoms with Gasteiger partial charge in [-0.05, 0) is 62.4 Å². The molecule has 0 saturated carbocycles. The molecule has 0 aliphatic heterocycles. The summed E-state index contributed by atoms with van der Waals surface area (Å²) in [6.07, 6.45) is 3.73. The van der Waals surface area contributed by atoms with Gasteiger partial charge < -0.3 is 14.6 Å². The minimum Gasteiger partial charge on any atom is -0.491 e. The Morgan fingerprint density at radius 3 is 2.63 bits per heavy atom. The molecule has 0 atom stereocenters. The Bertz CT molecular complexity index is 1070. The second-order valence-corrected chi connectivity index (χ2v) is 6.45. The predicted octanol–water partition coefficient (Wildman–Crippen LogP) is 5.09. The van der Waals surface area contributed by atoms with Gasteiger partial charge in [0.05, 0.1) is 6.10 Å². The third-order valence-electron chi connectivity index (χ3n) is 4.00. The Morgan fingerprint density at radius 2 is 1.89 bits per heavy atom. The van der Waals surface area contributed by atoms with E-state index in [2.05, 4.69) is 15.3 Å². The van der Waals surface area contributed by atoms with Gasteiger partial charge in [0.1, 0.15) is 17.2 Å². The van der Waals surface area contributed by atoms with E-state index in [0.717, 1.165) is 16.8 Å². The Kier molecular flexibility index (Phi) is 4.46. The number of hydrogen-bond donors (Lipinski definition) is 1. The Balaban J connectivity index is 1.62. The lowest BCUT2D eigenvalue weighted by molar-refractivity contribution is 0.242. The molecule has 0 spiro atoms. The molecule has 0 fully saturated rings. The van der Waals surface area contributed by atoms with Crippen LogP contribution in [0.25, 0.3) is 16.7 Å². The number of hydrogen-bond acceptors (Lipinski definition) is 4. The van der Waals surface area contributed by atoms with Gasteiger partial charge in [0, 0.05) is 29.2 Å². The lowest BCUT2D eigenvalue weighted by Crippen LogP contribution is -2.05. The highest BCUT2D eigenvalue weighted by molar-refractivity contribution is 5.78. The third kappa shape index (κ3) is 3.74. The summed E-state index contributed by atoms with van der Waals surface area (Å²) in [5.41, 5.74) is 2.28. The molecule has 0 aliphatic rings.